The number of fused-ring (bicyclic) bond motifs is 2. The molecule has 0 spiro atoms. The van der Waals surface area contributed by atoms with Gasteiger partial charge in [0.05, 0.1) is 23.8 Å². The number of aromatic amines is 1. The highest BCUT2D eigenvalue weighted by molar-refractivity contribution is 5.28. The Hall–Kier alpha value is -0.830. The van der Waals surface area contributed by atoms with Crippen molar-refractivity contribution in [2.75, 3.05) is 6.54 Å². The van der Waals surface area contributed by atoms with E-state index in [0.29, 0.717) is 6.04 Å². The van der Waals surface area contributed by atoms with Gasteiger partial charge >= 0.3 is 0 Å². The van der Waals surface area contributed by atoms with Gasteiger partial charge in [-0.1, -0.05) is 0 Å². The predicted molar refractivity (Wildman–Crippen MR) is 53.0 cm³/mol. The zero-order valence-corrected chi connectivity index (χ0v) is 8.24. The molecule has 2 fully saturated rings. The summed E-state index contributed by atoms with van der Waals surface area (Å²) in [6.07, 6.45) is 7.42. The van der Waals surface area contributed by atoms with Crippen LogP contribution in [0.1, 0.15) is 49.0 Å². The van der Waals surface area contributed by atoms with Crippen molar-refractivity contribution in [1.82, 2.24) is 14.9 Å². The van der Waals surface area contributed by atoms with Crippen molar-refractivity contribution in [3.8, 4) is 0 Å². The van der Waals surface area contributed by atoms with Crippen molar-refractivity contribution in [3.63, 3.8) is 0 Å². The fourth-order valence-corrected chi connectivity index (χ4v) is 3.25. The van der Waals surface area contributed by atoms with E-state index in [9.17, 15) is 0 Å². The van der Waals surface area contributed by atoms with Crippen molar-refractivity contribution < 1.29 is 0 Å². The number of imidazole rings is 1. The quantitative estimate of drug-likeness (QED) is 0.730. The Kier molecular flexibility index (Phi) is 1.28. The maximum Gasteiger partial charge on any atom is 0.0925 e. The normalized spacial score (nSPS) is 36.0. The lowest BCUT2D eigenvalue weighted by molar-refractivity contribution is 0.0999. The van der Waals surface area contributed by atoms with Gasteiger partial charge in [0.15, 0.2) is 0 Å². The molecule has 2 aliphatic carbocycles. The van der Waals surface area contributed by atoms with Crippen molar-refractivity contribution in [2.45, 2.75) is 43.7 Å². The van der Waals surface area contributed by atoms with Crippen molar-refractivity contribution in [2.24, 2.45) is 0 Å². The van der Waals surface area contributed by atoms with Crippen LogP contribution in [-0.2, 0) is 0 Å². The van der Waals surface area contributed by atoms with Gasteiger partial charge in [-0.2, -0.15) is 0 Å². The number of hydrogen-bond donors (Lipinski definition) is 1. The van der Waals surface area contributed by atoms with Crippen LogP contribution < -0.4 is 0 Å². The lowest BCUT2D eigenvalue weighted by atomic mass is 9.80. The van der Waals surface area contributed by atoms with E-state index in [1.54, 1.807) is 0 Å². The van der Waals surface area contributed by atoms with Gasteiger partial charge in [0, 0.05) is 18.5 Å². The van der Waals surface area contributed by atoms with Gasteiger partial charge in [-0.25, -0.2) is 4.98 Å². The van der Waals surface area contributed by atoms with Gasteiger partial charge in [-0.3, -0.25) is 4.90 Å². The average Bonchev–Trinajstić information content (AvgIpc) is 2.95. The second kappa shape index (κ2) is 2.40. The Morgan fingerprint density at radius 3 is 3.07 bits per heavy atom. The minimum absolute atomic E-state index is 0.671. The highest BCUT2D eigenvalue weighted by atomic mass is 15.2. The molecule has 1 aromatic heterocycles. The summed E-state index contributed by atoms with van der Waals surface area (Å²) in [5.74, 6) is 0.724. The fourth-order valence-electron chi connectivity index (χ4n) is 3.25. The molecule has 1 saturated heterocycles. The number of nitrogens with zero attached hydrogens (tertiary/aromatic N) is 2. The number of hydrogen-bond acceptors (Lipinski definition) is 2. The van der Waals surface area contributed by atoms with E-state index in [4.69, 9.17) is 0 Å². The first-order valence-corrected chi connectivity index (χ1v) is 5.72. The first kappa shape index (κ1) is 7.46. The van der Waals surface area contributed by atoms with E-state index in [1.807, 2.05) is 6.33 Å². The molecule has 3 heterocycles. The van der Waals surface area contributed by atoms with E-state index in [-0.39, 0.29) is 0 Å². The average molecular weight is 189 g/mol. The van der Waals surface area contributed by atoms with E-state index >= 15 is 0 Å². The molecule has 3 nitrogen and oxygen atoms in total. The summed E-state index contributed by atoms with van der Waals surface area (Å²) in [5, 5.41) is 0. The smallest absolute Gasteiger partial charge is 0.0925 e. The Balaban J connectivity index is 1.80. The SMILES string of the molecule is c1nc2c([nH]1)C1CCC2CN1C1CC1. The van der Waals surface area contributed by atoms with Crippen LogP contribution in [0.3, 0.4) is 0 Å². The molecule has 3 heteroatoms. The van der Waals surface area contributed by atoms with Gasteiger partial charge in [0.25, 0.3) is 0 Å². The van der Waals surface area contributed by atoms with Crippen molar-refractivity contribution in [3.05, 3.63) is 17.7 Å². The summed E-state index contributed by atoms with van der Waals surface area (Å²) in [7, 11) is 0. The Bertz CT molecular complexity index is 366. The topological polar surface area (TPSA) is 31.9 Å². The lowest BCUT2D eigenvalue weighted by Gasteiger charge is -2.44. The highest BCUT2D eigenvalue weighted by Crippen LogP contribution is 2.49. The van der Waals surface area contributed by atoms with Crippen molar-refractivity contribution >= 4 is 0 Å². The molecule has 74 valence electrons. The third-order valence-corrected chi connectivity index (χ3v) is 4.06. The molecule has 0 radical (unpaired) electrons. The molecule has 0 amide bonds. The fraction of sp³-hybridized carbons (Fsp3) is 0.727. The highest BCUT2D eigenvalue weighted by Gasteiger charge is 2.45. The minimum Gasteiger partial charge on any atom is -0.347 e. The standard InChI is InChI=1S/C11H15N3/c1-4-9-11-10(12-6-13-11)7(1)5-14(9)8-2-3-8/h6-9H,1-5H2,(H,12,13). The molecule has 2 atom stereocenters. The molecular formula is C11H15N3. The molecule has 2 unspecified atom stereocenters. The third kappa shape index (κ3) is 0.836. The van der Waals surface area contributed by atoms with Gasteiger partial charge in [0.1, 0.15) is 0 Å². The number of H-pyrrole nitrogens is 1. The molecular weight excluding hydrogens is 174 g/mol. The summed E-state index contributed by atoms with van der Waals surface area (Å²) in [4.78, 5) is 10.5. The summed E-state index contributed by atoms with van der Waals surface area (Å²) >= 11 is 0. The van der Waals surface area contributed by atoms with E-state index in [1.165, 1.54) is 43.6 Å². The van der Waals surface area contributed by atoms with E-state index < -0.39 is 0 Å². The maximum atomic E-state index is 4.47. The summed E-state index contributed by atoms with van der Waals surface area (Å²) < 4.78 is 0. The largest absolute Gasteiger partial charge is 0.347 e. The molecule has 4 aliphatic rings. The van der Waals surface area contributed by atoms with Crippen LogP contribution in [0.4, 0.5) is 0 Å². The Morgan fingerprint density at radius 1 is 1.29 bits per heavy atom. The number of nitrogens with one attached hydrogen (secondary N) is 1. The van der Waals surface area contributed by atoms with Crippen LogP contribution >= 0.6 is 0 Å². The second-order valence-corrected chi connectivity index (χ2v) is 4.92. The molecule has 1 N–H and O–H groups in total. The van der Waals surface area contributed by atoms with E-state index in [2.05, 4.69) is 14.9 Å². The van der Waals surface area contributed by atoms with Crippen LogP contribution in [0, 0.1) is 0 Å². The van der Waals surface area contributed by atoms with Gasteiger partial charge in [0.2, 0.25) is 0 Å². The molecule has 5 rings (SSSR count). The van der Waals surface area contributed by atoms with Crippen LogP contribution in [0.5, 0.6) is 0 Å². The number of piperidine rings is 1. The van der Waals surface area contributed by atoms with Crippen LogP contribution in [0.15, 0.2) is 6.33 Å². The first-order chi connectivity index (χ1) is 6.93. The first-order valence-electron chi connectivity index (χ1n) is 5.72. The molecule has 1 aromatic rings. The maximum absolute atomic E-state index is 4.47. The summed E-state index contributed by atoms with van der Waals surface area (Å²) in [5.41, 5.74) is 2.80. The van der Waals surface area contributed by atoms with Gasteiger partial charge in [-0.05, 0) is 25.7 Å². The Labute approximate surface area is 83.5 Å². The lowest BCUT2D eigenvalue weighted by Crippen LogP contribution is -2.43. The number of aromatic nitrogens is 2. The van der Waals surface area contributed by atoms with Gasteiger partial charge < -0.3 is 4.98 Å². The zero-order chi connectivity index (χ0) is 9.12. The van der Waals surface area contributed by atoms with Gasteiger partial charge in [-0.15, -0.1) is 0 Å². The predicted octanol–water partition coefficient (Wildman–Crippen LogP) is 1.81. The van der Waals surface area contributed by atoms with Crippen LogP contribution in [-0.4, -0.2) is 27.5 Å². The molecule has 14 heavy (non-hydrogen) atoms. The molecule has 2 aliphatic heterocycles. The minimum atomic E-state index is 0.671. The van der Waals surface area contributed by atoms with Crippen LogP contribution in [0.25, 0.3) is 0 Å². The monoisotopic (exact) mass is 189 g/mol. The third-order valence-electron chi connectivity index (χ3n) is 4.06. The zero-order valence-electron chi connectivity index (χ0n) is 8.24. The number of rotatable bonds is 1. The molecule has 0 aromatic carbocycles. The molecule has 1 saturated carbocycles. The molecule has 2 bridgehead atoms. The summed E-state index contributed by atoms with van der Waals surface area (Å²) in [6, 6.07) is 1.57. The summed E-state index contributed by atoms with van der Waals surface area (Å²) in [6.45, 7) is 1.27. The Morgan fingerprint density at radius 2 is 2.21 bits per heavy atom. The second-order valence-electron chi connectivity index (χ2n) is 4.92. The van der Waals surface area contributed by atoms with E-state index in [0.717, 1.165) is 12.0 Å². The van der Waals surface area contributed by atoms with Crippen LogP contribution in [0.2, 0.25) is 0 Å². The van der Waals surface area contributed by atoms with Crippen molar-refractivity contribution in [1.29, 1.82) is 0 Å².